The molecule has 1 aliphatic carbocycles. The molecule has 1 heterocycles. The van der Waals surface area contributed by atoms with Crippen LogP contribution in [-0.4, -0.2) is 23.5 Å². The van der Waals surface area contributed by atoms with Crippen molar-refractivity contribution in [3.63, 3.8) is 0 Å². The highest BCUT2D eigenvalue weighted by Crippen LogP contribution is 2.46. The number of hydrogen-bond donors (Lipinski definition) is 1. The molecule has 28 heavy (non-hydrogen) atoms. The van der Waals surface area contributed by atoms with Crippen LogP contribution < -0.4 is 4.90 Å². The van der Waals surface area contributed by atoms with Crippen LogP contribution in [0.2, 0.25) is 0 Å². The largest absolute Gasteiger partial charge is 0.478 e. The van der Waals surface area contributed by atoms with Crippen molar-refractivity contribution in [2.75, 3.05) is 11.4 Å². The average molecular weight is 371 g/mol. The van der Waals surface area contributed by atoms with Crippen molar-refractivity contribution in [3.05, 3.63) is 77.4 Å². The zero-order valence-corrected chi connectivity index (χ0v) is 15.5. The van der Waals surface area contributed by atoms with Crippen LogP contribution >= 0.6 is 0 Å². The lowest BCUT2D eigenvalue weighted by atomic mass is 9.70. The average Bonchev–Trinajstić information content (AvgIpc) is 3.02. The summed E-state index contributed by atoms with van der Waals surface area (Å²) < 4.78 is 0. The highest BCUT2D eigenvalue weighted by Gasteiger charge is 2.48. The maximum absolute atomic E-state index is 13.5. The van der Waals surface area contributed by atoms with Gasteiger partial charge in [0.1, 0.15) is 0 Å². The van der Waals surface area contributed by atoms with Crippen LogP contribution in [0.15, 0.2) is 60.7 Å². The second-order valence-corrected chi connectivity index (χ2v) is 7.95. The van der Waals surface area contributed by atoms with E-state index in [1.54, 1.807) is 12.1 Å². The molecule has 4 nitrogen and oxygen atoms in total. The number of amides is 1. The van der Waals surface area contributed by atoms with Crippen LogP contribution in [0.1, 0.15) is 34.3 Å². The molecule has 2 aliphatic rings. The van der Waals surface area contributed by atoms with Gasteiger partial charge >= 0.3 is 5.97 Å². The van der Waals surface area contributed by atoms with E-state index in [9.17, 15) is 14.7 Å². The quantitative estimate of drug-likeness (QED) is 0.724. The summed E-state index contributed by atoms with van der Waals surface area (Å²) in [5, 5.41) is 11.5. The van der Waals surface area contributed by atoms with Gasteiger partial charge in [-0.2, -0.15) is 0 Å². The molecular formula is C24H21NO3. The molecule has 5 rings (SSSR count). The maximum atomic E-state index is 13.5. The summed E-state index contributed by atoms with van der Waals surface area (Å²) >= 11 is 0. The fourth-order valence-electron chi connectivity index (χ4n) is 4.88. The number of nitrogens with zero attached hydrogens (tertiary/aromatic N) is 1. The summed E-state index contributed by atoms with van der Waals surface area (Å²) in [5.74, 6) is -0.695. The lowest BCUT2D eigenvalue weighted by molar-refractivity contribution is -0.126. The molecule has 1 atom stereocenters. The Hall–Kier alpha value is -3.14. The Morgan fingerprint density at radius 2 is 1.79 bits per heavy atom. The first-order valence-corrected chi connectivity index (χ1v) is 9.72. The minimum Gasteiger partial charge on any atom is -0.478 e. The third kappa shape index (κ3) is 2.52. The summed E-state index contributed by atoms with van der Waals surface area (Å²) in [7, 11) is 0. The first kappa shape index (κ1) is 17.0. The number of hydrogen-bond acceptors (Lipinski definition) is 2. The summed E-state index contributed by atoms with van der Waals surface area (Å²) in [6, 6.07) is 19.6. The van der Waals surface area contributed by atoms with Crippen molar-refractivity contribution in [2.24, 2.45) is 5.41 Å². The lowest BCUT2D eigenvalue weighted by Crippen LogP contribution is -2.38. The van der Waals surface area contributed by atoms with Gasteiger partial charge in [-0.25, -0.2) is 4.79 Å². The second kappa shape index (κ2) is 6.20. The van der Waals surface area contributed by atoms with Crippen LogP contribution in [0, 0.1) is 5.41 Å². The maximum Gasteiger partial charge on any atom is 0.335 e. The third-order valence-electron chi connectivity index (χ3n) is 6.43. The highest BCUT2D eigenvalue weighted by molar-refractivity contribution is 6.07. The smallest absolute Gasteiger partial charge is 0.335 e. The lowest BCUT2D eigenvalue weighted by Gasteiger charge is -2.33. The zero-order chi connectivity index (χ0) is 19.3. The van der Waals surface area contributed by atoms with Crippen molar-refractivity contribution in [1.29, 1.82) is 0 Å². The number of aromatic carboxylic acids is 1. The number of carboxylic acids is 1. The molecule has 1 aliphatic heterocycles. The number of fused-ring (bicyclic) bond motifs is 2. The van der Waals surface area contributed by atoms with Gasteiger partial charge in [-0.05, 0) is 60.4 Å². The van der Waals surface area contributed by atoms with E-state index in [2.05, 4.69) is 18.2 Å². The predicted octanol–water partition coefficient (Wildman–Crippen LogP) is 4.45. The van der Waals surface area contributed by atoms with E-state index in [0.29, 0.717) is 12.0 Å². The summed E-state index contributed by atoms with van der Waals surface area (Å²) in [6.45, 7) is 0.732. The molecule has 0 radical (unpaired) electrons. The Kier molecular flexibility index (Phi) is 3.76. The van der Waals surface area contributed by atoms with Gasteiger partial charge in [0.25, 0.3) is 0 Å². The molecule has 1 N–H and O–H groups in total. The van der Waals surface area contributed by atoms with E-state index < -0.39 is 5.97 Å². The number of aryl methyl sites for hydroxylation is 1. The van der Waals surface area contributed by atoms with Crippen LogP contribution in [0.5, 0.6) is 0 Å². The van der Waals surface area contributed by atoms with E-state index in [1.807, 2.05) is 35.2 Å². The van der Waals surface area contributed by atoms with Gasteiger partial charge in [-0.15, -0.1) is 0 Å². The number of carbonyl (C=O) groups is 2. The Bertz CT molecular complexity index is 1110. The van der Waals surface area contributed by atoms with Crippen molar-refractivity contribution in [1.82, 2.24) is 0 Å². The number of rotatable bonds is 2. The normalized spacial score (nSPS) is 21.3. The second-order valence-electron chi connectivity index (χ2n) is 7.95. The molecule has 4 heteroatoms. The Morgan fingerprint density at radius 1 is 0.964 bits per heavy atom. The fraction of sp³-hybridized carbons (Fsp3) is 0.250. The highest BCUT2D eigenvalue weighted by atomic mass is 16.4. The van der Waals surface area contributed by atoms with E-state index in [1.165, 1.54) is 0 Å². The van der Waals surface area contributed by atoms with Crippen LogP contribution in [0.25, 0.3) is 10.8 Å². The Labute approximate surface area is 163 Å². The van der Waals surface area contributed by atoms with E-state index in [-0.39, 0.29) is 11.3 Å². The van der Waals surface area contributed by atoms with Gasteiger partial charge in [0.15, 0.2) is 0 Å². The SMILES string of the molecule is O=C(O)c1ccc2c(c1)CC[C@]1(CCN(c3cccc4ccccc34)C1=O)C2. The Morgan fingerprint density at radius 3 is 2.64 bits per heavy atom. The molecule has 1 spiro atoms. The van der Waals surface area contributed by atoms with Crippen molar-refractivity contribution >= 4 is 28.3 Å². The molecule has 1 fully saturated rings. The number of carbonyl (C=O) groups excluding carboxylic acids is 1. The molecule has 140 valence electrons. The topological polar surface area (TPSA) is 57.6 Å². The van der Waals surface area contributed by atoms with Crippen molar-refractivity contribution in [2.45, 2.75) is 25.7 Å². The van der Waals surface area contributed by atoms with Crippen molar-refractivity contribution in [3.8, 4) is 0 Å². The Balaban J connectivity index is 1.49. The van der Waals surface area contributed by atoms with Crippen molar-refractivity contribution < 1.29 is 14.7 Å². The van der Waals surface area contributed by atoms with Gasteiger partial charge in [0, 0.05) is 11.9 Å². The van der Waals surface area contributed by atoms with Gasteiger partial charge in [0.2, 0.25) is 5.91 Å². The fourth-order valence-corrected chi connectivity index (χ4v) is 4.88. The zero-order valence-electron chi connectivity index (χ0n) is 15.5. The predicted molar refractivity (Wildman–Crippen MR) is 109 cm³/mol. The van der Waals surface area contributed by atoms with Gasteiger partial charge in [0.05, 0.1) is 16.7 Å². The van der Waals surface area contributed by atoms with E-state index in [4.69, 9.17) is 0 Å². The molecule has 0 aromatic heterocycles. The molecule has 1 amide bonds. The molecule has 0 saturated carbocycles. The number of carboxylic acid groups (broad SMARTS) is 1. The minimum absolute atomic E-state index is 0.205. The third-order valence-corrected chi connectivity index (χ3v) is 6.43. The summed E-state index contributed by atoms with van der Waals surface area (Å²) in [4.78, 5) is 26.7. The van der Waals surface area contributed by atoms with E-state index >= 15 is 0 Å². The number of anilines is 1. The molecule has 3 aromatic carbocycles. The first-order chi connectivity index (χ1) is 13.6. The van der Waals surface area contributed by atoms with Crippen LogP contribution in [0.4, 0.5) is 5.69 Å². The van der Waals surface area contributed by atoms with Crippen LogP contribution in [-0.2, 0) is 17.6 Å². The summed E-state index contributed by atoms with van der Waals surface area (Å²) in [6.07, 6.45) is 3.08. The molecule has 3 aromatic rings. The van der Waals surface area contributed by atoms with E-state index in [0.717, 1.165) is 53.4 Å². The molecule has 0 unspecified atom stereocenters. The standard InChI is InChI=1S/C24H21NO3/c26-22(27)18-8-9-19-15-24(11-10-17(19)14-18)12-13-25(23(24)28)21-7-3-5-16-4-1-2-6-20(16)21/h1-9,14H,10-13,15H2,(H,26,27)/t24-/m0/s1. The number of benzene rings is 3. The molecular weight excluding hydrogens is 350 g/mol. The summed E-state index contributed by atoms with van der Waals surface area (Å²) in [5.41, 5.74) is 3.14. The molecule has 1 saturated heterocycles. The molecule has 0 bridgehead atoms. The van der Waals surface area contributed by atoms with Gasteiger partial charge in [-0.1, -0.05) is 42.5 Å². The monoisotopic (exact) mass is 371 g/mol. The van der Waals surface area contributed by atoms with Crippen LogP contribution in [0.3, 0.4) is 0 Å². The first-order valence-electron chi connectivity index (χ1n) is 9.72. The van der Waals surface area contributed by atoms with Gasteiger partial charge in [-0.3, -0.25) is 4.79 Å². The van der Waals surface area contributed by atoms with Gasteiger partial charge < -0.3 is 10.0 Å². The minimum atomic E-state index is -0.901.